The number of nitro benzene ring substituents is 1. The van der Waals surface area contributed by atoms with E-state index in [1.54, 1.807) is 24.3 Å². The lowest BCUT2D eigenvalue weighted by molar-refractivity contribution is -0.385. The van der Waals surface area contributed by atoms with Crippen molar-refractivity contribution in [3.8, 4) is 0 Å². The third-order valence-corrected chi connectivity index (χ3v) is 6.76. The number of hydrogen-bond donors (Lipinski definition) is 4. The van der Waals surface area contributed by atoms with E-state index in [0.717, 1.165) is 17.7 Å². The van der Waals surface area contributed by atoms with Gasteiger partial charge in [-0.1, -0.05) is 30.3 Å². The van der Waals surface area contributed by atoms with Gasteiger partial charge in [-0.05, 0) is 24.5 Å². The number of nitrogen functional groups attached to an aromatic ring is 1. The van der Waals surface area contributed by atoms with Gasteiger partial charge in [-0.25, -0.2) is 13.1 Å². The van der Waals surface area contributed by atoms with Gasteiger partial charge in [0.1, 0.15) is 11.9 Å². The minimum atomic E-state index is -4.16. The van der Waals surface area contributed by atoms with Gasteiger partial charge in [0.15, 0.2) is 0 Å². The molecule has 13 heteroatoms. The molecule has 1 atom stereocenters. The summed E-state index contributed by atoms with van der Waals surface area (Å²) in [6.45, 7) is -0.0565. The van der Waals surface area contributed by atoms with Crippen LogP contribution < -0.4 is 15.8 Å². The zero-order chi connectivity index (χ0) is 24.9. The van der Waals surface area contributed by atoms with E-state index >= 15 is 0 Å². The van der Waals surface area contributed by atoms with E-state index in [1.165, 1.54) is 17.0 Å². The highest BCUT2D eigenvalue weighted by Gasteiger charge is 2.34. The van der Waals surface area contributed by atoms with Crippen LogP contribution in [0, 0.1) is 15.5 Å². The molecule has 2 aromatic rings. The van der Waals surface area contributed by atoms with Gasteiger partial charge in [-0.15, -0.1) is 0 Å². The molecule has 0 bridgehead atoms. The van der Waals surface area contributed by atoms with Gasteiger partial charge >= 0.3 is 0 Å². The standard InChI is InChI=1S/C21H24N6O6S/c22-20(23)15-8-6-14(7-9-15)12-24-21(29)18-5-2-10-26(18)19(28)13-25-34(32,33)17-4-1-3-16(11-17)27(30)31/h1,3-4,6-9,11,18,25H,2,5,10,12-13H2,(H3,22,23)(H,24,29)/t18-/m0/s1. The van der Waals surface area contributed by atoms with Crippen LogP contribution in [0.5, 0.6) is 0 Å². The number of hydrogen-bond acceptors (Lipinski definition) is 7. The number of nitrogens with zero attached hydrogens (tertiary/aromatic N) is 2. The number of likely N-dealkylation sites (tertiary alicyclic amines) is 1. The maximum Gasteiger partial charge on any atom is 0.270 e. The first-order chi connectivity index (χ1) is 16.1. The van der Waals surface area contributed by atoms with Crippen LogP contribution in [0.3, 0.4) is 0 Å². The number of carbonyl (C=O) groups is 2. The van der Waals surface area contributed by atoms with Crippen LogP contribution in [0.15, 0.2) is 53.4 Å². The van der Waals surface area contributed by atoms with Crippen molar-refractivity contribution in [2.45, 2.75) is 30.3 Å². The second-order valence-corrected chi connectivity index (χ2v) is 9.42. The molecule has 1 aliphatic heterocycles. The molecular formula is C21H24N6O6S. The van der Waals surface area contributed by atoms with Gasteiger partial charge in [0.25, 0.3) is 5.69 Å². The van der Waals surface area contributed by atoms with Crippen LogP contribution >= 0.6 is 0 Å². The molecule has 2 aromatic carbocycles. The summed E-state index contributed by atoms with van der Waals surface area (Å²) in [7, 11) is -4.16. The van der Waals surface area contributed by atoms with Crippen LogP contribution in [0.4, 0.5) is 5.69 Å². The first kappa shape index (κ1) is 24.8. The lowest BCUT2D eigenvalue weighted by Gasteiger charge is -2.24. The topological polar surface area (TPSA) is 189 Å². The van der Waals surface area contributed by atoms with Crippen LogP contribution in [-0.2, 0) is 26.2 Å². The Bertz CT molecular complexity index is 1210. The molecule has 34 heavy (non-hydrogen) atoms. The average Bonchev–Trinajstić information content (AvgIpc) is 3.31. The van der Waals surface area contributed by atoms with Gasteiger partial charge < -0.3 is 16.0 Å². The Kier molecular flexibility index (Phi) is 7.58. The van der Waals surface area contributed by atoms with Crippen molar-refractivity contribution < 1.29 is 22.9 Å². The molecule has 0 radical (unpaired) electrons. The van der Waals surface area contributed by atoms with Gasteiger partial charge in [0.05, 0.1) is 16.4 Å². The quantitative estimate of drug-likeness (QED) is 0.171. The number of nitrogens with two attached hydrogens (primary N) is 1. The molecule has 5 N–H and O–H groups in total. The first-order valence-corrected chi connectivity index (χ1v) is 11.8. The monoisotopic (exact) mass is 488 g/mol. The summed E-state index contributed by atoms with van der Waals surface area (Å²) in [5.41, 5.74) is 6.39. The molecule has 0 aromatic heterocycles. The Labute approximate surface area is 195 Å². The largest absolute Gasteiger partial charge is 0.384 e. The van der Waals surface area contributed by atoms with E-state index in [0.29, 0.717) is 24.9 Å². The van der Waals surface area contributed by atoms with E-state index in [-0.39, 0.29) is 28.9 Å². The average molecular weight is 489 g/mol. The molecule has 1 saturated heterocycles. The van der Waals surface area contributed by atoms with Crippen molar-refractivity contribution in [3.05, 3.63) is 69.8 Å². The lowest BCUT2D eigenvalue weighted by Crippen LogP contribution is -2.48. The molecular weight excluding hydrogens is 464 g/mol. The first-order valence-electron chi connectivity index (χ1n) is 10.3. The molecule has 0 aliphatic carbocycles. The number of nitrogens with one attached hydrogen (secondary N) is 3. The van der Waals surface area contributed by atoms with Crippen molar-refractivity contribution in [1.29, 1.82) is 5.41 Å². The SMILES string of the molecule is N=C(N)c1ccc(CNC(=O)[C@@H]2CCCN2C(=O)CNS(=O)(=O)c2cccc([N+](=O)[O-])c2)cc1. The number of rotatable bonds is 9. The fourth-order valence-electron chi connectivity index (χ4n) is 3.55. The number of sulfonamides is 1. The molecule has 2 amide bonds. The summed E-state index contributed by atoms with van der Waals surface area (Å²) in [5, 5.41) is 21.1. The van der Waals surface area contributed by atoms with E-state index in [2.05, 4.69) is 10.0 Å². The molecule has 3 rings (SSSR count). The zero-order valence-corrected chi connectivity index (χ0v) is 18.9. The summed E-state index contributed by atoms with van der Waals surface area (Å²) in [6, 6.07) is 10.6. The Morgan fingerprint density at radius 3 is 2.56 bits per heavy atom. The second-order valence-electron chi connectivity index (χ2n) is 7.65. The number of amidine groups is 1. The number of benzene rings is 2. The molecule has 12 nitrogen and oxygen atoms in total. The van der Waals surface area contributed by atoms with Gasteiger partial charge in [0.2, 0.25) is 21.8 Å². The van der Waals surface area contributed by atoms with E-state index in [9.17, 15) is 28.1 Å². The lowest BCUT2D eigenvalue weighted by atomic mass is 10.1. The molecule has 1 heterocycles. The van der Waals surface area contributed by atoms with Gasteiger partial charge in [-0.3, -0.25) is 25.1 Å². The highest BCUT2D eigenvalue weighted by atomic mass is 32.2. The molecule has 1 aliphatic rings. The van der Waals surface area contributed by atoms with E-state index < -0.39 is 33.4 Å². The van der Waals surface area contributed by atoms with Crippen molar-refractivity contribution in [3.63, 3.8) is 0 Å². The maximum atomic E-state index is 12.7. The number of carbonyl (C=O) groups excluding carboxylic acids is 2. The van der Waals surface area contributed by atoms with E-state index in [1.807, 2.05) is 0 Å². The van der Waals surface area contributed by atoms with Crippen LogP contribution in [-0.4, -0.2) is 55.0 Å². The van der Waals surface area contributed by atoms with Crippen LogP contribution in [0.2, 0.25) is 0 Å². The van der Waals surface area contributed by atoms with Gasteiger partial charge in [0, 0.05) is 30.8 Å². The predicted octanol–water partition coefficient (Wildman–Crippen LogP) is 0.465. The second kappa shape index (κ2) is 10.4. The Hall–Kier alpha value is -3.84. The highest BCUT2D eigenvalue weighted by molar-refractivity contribution is 7.89. The minimum absolute atomic E-state index is 0.0585. The smallest absolute Gasteiger partial charge is 0.270 e. The molecule has 0 spiro atoms. The molecule has 0 unspecified atom stereocenters. The maximum absolute atomic E-state index is 12.7. The third-order valence-electron chi connectivity index (χ3n) is 5.36. The normalized spacial score (nSPS) is 15.6. The van der Waals surface area contributed by atoms with Crippen molar-refractivity contribution >= 4 is 33.4 Å². The zero-order valence-electron chi connectivity index (χ0n) is 18.1. The third kappa shape index (κ3) is 5.94. The summed E-state index contributed by atoms with van der Waals surface area (Å²) in [6.07, 6.45) is 1.03. The highest BCUT2D eigenvalue weighted by Crippen LogP contribution is 2.19. The Morgan fingerprint density at radius 1 is 1.21 bits per heavy atom. The summed E-state index contributed by atoms with van der Waals surface area (Å²) >= 11 is 0. The summed E-state index contributed by atoms with van der Waals surface area (Å²) < 4.78 is 27.1. The predicted molar refractivity (Wildman–Crippen MR) is 122 cm³/mol. The van der Waals surface area contributed by atoms with E-state index in [4.69, 9.17) is 11.1 Å². The molecule has 1 fully saturated rings. The van der Waals surface area contributed by atoms with Crippen molar-refractivity contribution in [2.24, 2.45) is 5.73 Å². The number of nitro groups is 1. The fourth-order valence-corrected chi connectivity index (χ4v) is 4.57. The molecule has 0 saturated carbocycles. The van der Waals surface area contributed by atoms with Crippen LogP contribution in [0.25, 0.3) is 0 Å². The minimum Gasteiger partial charge on any atom is -0.384 e. The van der Waals surface area contributed by atoms with Crippen molar-refractivity contribution in [2.75, 3.05) is 13.1 Å². The molecule has 180 valence electrons. The summed E-state index contributed by atoms with van der Waals surface area (Å²) in [5.74, 6) is -0.989. The van der Waals surface area contributed by atoms with Crippen LogP contribution in [0.1, 0.15) is 24.0 Å². The Balaban J connectivity index is 1.58. The Morgan fingerprint density at radius 2 is 1.91 bits per heavy atom. The number of amides is 2. The fraction of sp³-hybridized carbons (Fsp3) is 0.286. The number of non-ortho nitro benzene ring substituents is 1. The summed E-state index contributed by atoms with van der Waals surface area (Å²) in [4.78, 5) is 36.5. The van der Waals surface area contributed by atoms with Crippen molar-refractivity contribution in [1.82, 2.24) is 14.9 Å². The van der Waals surface area contributed by atoms with Gasteiger partial charge in [-0.2, -0.15) is 0 Å².